The molecule has 1 saturated heterocycles. The van der Waals surface area contributed by atoms with Crippen LogP contribution in [-0.2, 0) is 6.54 Å². The van der Waals surface area contributed by atoms with Crippen molar-refractivity contribution in [2.75, 3.05) is 13.1 Å². The van der Waals surface area contributed by atoms with E-state index in [-0.39, 0.29) is 17.5 Å². The van der Waals surface area contributed by atoms with Crippen molar-refractivity contribution < 1.29 is 9.50 Å². The van der Waals surface area contributed by atoms with Crippen LogP contribution in [0, 0.1) is 23.1 Å². The van der Waals surface area contributed by atoms with Gasteiger partial charge in [-0.05, 0) is 24.8 Å². The van der Waals surface area contributed by atoms with Crippen LogP contribution in [0.3, 0.4) is 0 Å². The molecule has 108 valence electrons. The summed E-state index contributed by atoms with van der Waals surface area (Å²) >= 11 is 0. The van der Waals surface area contributed by atoms with E-state index < -0.39 is 5.82 Å². The highest BCUT2D eigenvalue weighted by molar-refractivity contribution is 5.95. The van der Waals surface area contributed by atoms with E-state index in [1.807, 2.05) is 0 Å². The average molecular weight is 277 g/mol. The summed E-state index contributed by atoms with van der Waals surface area (Å²) in [7, 11) is 0. The zero-order chi connectivity index (χ0) is 14.3. The van der Waals surface area contributed by atoms with Gasteiger partial charge in [0.25, 0.3) is 0 Å². The number of aliphatic hydroxyl groups excluding tert-OH is 1. The van der Waals surface area contributed by atoms with E-state index in [4.69, 9.17) is 11.1 Å². The lowest BCUT2D eigenvalue weighted by molar-refractivity contribution is 0.123. The fraction of sp³-hybridized carbons (Fsp3) is 0.533. The molecule has 0 spiro atoms. The SMILES string of the molecule is N=C(N)c1cccc(CN2CC3CCC(O)C3C2)c1F. The first-order valence-corrected chi connectivity index (χ1v) is 7.08. The largest absolute Gasteiger partial charge is 0.393 e. The lowest BCUT2D eigenvalue weighted by Crippen LogP contribution is -2.25. The number of nitrogens with zero attached hydrogens (tertiary/aromatic N) is 1. The summed E-state index contributed by atoms with van der Waals surface area (Å²) in [4.78, 5) is 2.19. The van der Waals surface area contributed by atoms with Crippen LogP contribution < -0.4 is 5.73 Å². The molecule has 1 heterocycles. The maximum absolute atomic E-state index is 14.2. The second-order valence-electron chi connectivity index (χ2n) is 5.96. The number of rotatable bonds is 3. The van der Waals surface area contributed by atoms with Crippen LogP contribution in [0.2, 0.25) is 0 Å². The number of hydrogen-bond donors (Lipinski definition) is 3. The minimum Gasteiger partial charge on any atom is -0.393 e. The van der Waals surface area contributed by atoms with Gasteiger partial charge in [-0.2, -0.15) is 0 Å². The predicted molar refractivity (Wildman–Crippen MR) is 74.9 cm³/mol. The van der Waals surface area contributed by atoms with Crippen molar-refractivity contribution >= 4 is 5.84 Å². The Bertz CT molecular complexity index is 534. The number of nitrogen functional groups attached to an aromatic ring is 1. The monoisotopic (exact) mass is 277 g/mol. The van der Waals surface area contributed by atoms with Gasteiger partial charge in [0, 0.05) is 31.1 Å². The third kappa shape index (κ3) is 2.31. The molecule has 1 aromatic carbocycles. The number of likely N-dealkylation sites (tertiary alicyclic amines) is 1. The molecule has 0 aromatic heterocycles. The summed E-state index contributed by atoms with van der Waals surface area (Å²) in [5.41, 5.74) is 6.13. The molecule has 2 fully saturated rings. The Balaban J connectivity index is 1.73. The van der Waals surface area contributed by atoms with Crippen LogP contribution in [-0.4, -0.2) is 35.0 Å². The van der Waals surface area contributed by atoms with Gasteiger partial charge in [0.15, 0.2) is 0 Å². The highest BCUT2D eigenvalue weighted by atomic mass is 19.1. The smallest absolute Gasteiger partial charge is 0.138 e. The summed E-state index contributed by atoms with van der Waals surface area (Å²) in [5.74, 6) is 0.258. The highest BCUT2D eigenvalue weighted by Gasteiger charge is 2.41. The average Bonchev–Trinajstić information content (AvgIpc) is 2.94. The van der Waals surface area contributed by atoms with Gasteiger partial charge < -0.3 is 10.8 Å². The van der Waals surface area contributed by atoms with Gasteiger partial charge in [-0.3, -0.25) is 10.3 Å². The van der Waals surface area contributed by atoms with Crippen molar-refractivity contribution in [2.24, 2.45) is 17.6 Å². The molecule has 1 saturated carbocycles. The molecule has 1 aromatic rings. The van der Waals surface area contributed by atoms with Crippen LogP contribution in [0.5, 0.6) is 0 Å². The van der Waals surface area contributed by atoms with Crippen molar-refractivity contribution in [1.29, 1.82) is 5.41 Å². The normalized spacial score (nSPS) is 29.6. The van der Waals surface area contributed by atoms with E-state index in [0.29, 0.717) is 23.9 Å². The van der Waals surface area contributed by atoms with Crippen LogP contribution in [0.1, 0.15) is 24.0 Å². The summed E-state index contributed by atoms with van der Waals surface area (Å²) in [6, 6.07) is 5.01. The van der Waals surface area contributed by atoms with Gasteiger partial charge >= 0.3 is 0 Å². The Morgan fingerprint density at radius 1 is 1.40 bits per heavy atom. The standard InChI is InChI=1S/C15H20FN3O/c16-14-10(2-1-3-11(14)15(17)18)7-19-6-9-4-5-13(20)12(9)8-19/h1-3,9,12-13,20H,4-8H2,(H3,17,18). The van der Waals surface area contributed by atoms with E-state index >= 15 is 0 Å². The van der Waals surface area contributed by atoms with Gasteiger partial charge in [0.1, 0.15) is 11.7 Å². The first kappa shape index (κ1) is 13.5. The van der Waals surface area contributed by atoms with Crippen molar-refractivity contribution in [1.82, 2.24) is 4.90 Å². The highest BCUT2D eigenvalue weighted by Crippen LogP contribution is 2.38. The van der Waals surface area contributed by atoms with Gasteiger partial charge in [0.2, 0.25) is 0 Å². The molecule has 20 heavy (non-hydrogen) atoms. The van der Waals surface area contributed by atoms with E-state index in [1.54, 1.807) is 12.1 Å². The number of halogens is 1. The molecule has 1 aliphatic heterocycles. The van der Waals surface area contributed by atoms with E-state index in [1.165, 1.54) is 6.07 Å². The van der Waals surface area contributed by atoms with Crippen LogP contribution in [0.25, 0.3) is 0 Å². The molecule has 3 rings (SSSR count). The van der Waals surface area contributed by atoms with Gasteiger partial charge in [0.05, 0.1) is 11.7 Å². The third-order valence-electron chi connectivity index (χ3n) is 4.66. The maximum atomic E-state index is 14.2. The fourth-order valence-electron chi connectivity index (χ4n) is 3.61. The fourth-order valence-corrected chi connectivity index (χ4v) is 3.61. The maximum Gasteiger partial charge on any atom is 0.138 e. The number of benzene rings is 1. The van der Waals surface area contributed by atoms with E-state index in [9.17, 15) is 9.50 Å². The molecular formula is C15H20FN3O. The number of aliphatic hydroxyl groups is 1. The summed E-state index contributed by atoms with van der Waals surface area (Å²) < 4.78 is 14.2. The first-order chi connectivity index (χ1) is 9.56. The van der Waals surface area contributed by atoms with Crippen LogP contribution in [0.4, 0.5) is 4.39 Å². The van der Waals surface area contributed by atoms with Gasteiger partial charge in [-0.1, -0.05) is 12.1 Å². The molecule has 0 bridgehead atoms. The van der Waals surface area contributed by atoms with Crippen LogP contribution >= 0.6 is 0 Å². The zero-order valence-corrected chi connectivity index (χ0v) is 11.3. The number of fused-ring (bicyclic) bond motifs is 1. The van der Waals surface area contributed by atoms with E-state index in [2.05, 4.69) is 4.90 Å². The van der Waals surface area contributed by atoms with Crippen molar-refractivity contribution in [3.8, 4) is 0 Å². The quantitative estimate of drug-likeness (QED) is 0.576. The second-order valence-corrected chi connectivity index (χ2v) is 5.96. The molecule has 3 atom stereocenters. The third-order valence-corrected chi connectivity index (χ3v) is 4.66. The molecule has 4 nitrogen and oxygen atoms in total. The second kappa shape index (κ2) is 5.14. The molecule has 0 amide bonds. The van der Waals surface area contributed by atoms with Gasteiger partial charge in [-0.15, -0.1) is 0 Å². The van der Waals surface area contributed by atoms with Crippen molar-refractivity contribution in [3.63, 3.8) is 0 Å². The lowest BCUT2D eigenvalue weighted by Gasteiger charge is -2.19. The number of nitrogens with two attached hydrogens (primary N) is 1. The predicted octanol–water partition coefficient (Wildman–Crippen LogP) is 1.31. The van der Waals surface area contributed by atoms with Crippen LogP contribution in [0.15, 0.2) is 18.2 Å². The zero-order valence-electron chi connectivity index (χ0n) is 11.3. The topological polar surface area (TPSA) is 73.3 Å². The molecule has 4 N–H and O–H groups in total. The molecule has 0 radical (unpaired) electrons. The first-order valence-electron chi connectivity index (χ1n) is 7.08. The molecular weight excluding hydrogens is 257 g/mol. The van der Waals surface area contributed by atoms with Gasteiger partial charge in [-0.25, -0.2) is 4.39 Å². The summed E-state index contributed by atoms with van der Waals surface area (Å²) in [6.45, 7) is 2.27. The molecule has 2 aliphatic rings. The Labute approximate surface area is 117 Å². The Morgan fingerprint density at radius 2 is 2.20 bits per heavy atom. The summed E-state index contributed by atoms with van der Waals surface area (Å²) in [5, 5.41) is 17.3. The summed E-state index contributed by atoms with van der Waals surface area (Å²) in [6.07, 6.45) is 1.77. The lowest BCUT2D eigenvalue weighted by atomic mass is 10.00. The Kier molecular flexibility index (Phi) is 3.48. The number of amidine groups is 1. The minimum absolute atomic E-state index is 0.168. The number of hydrogen-bond acceptors (Lipinski definition) is 3. The molecule has 5 heteroatoms. The molecule has 3 unspecified atom stereocenters. The molecule has 1 aliphatic carbocycles. The number of nitrogens with one attached hydrogen (secondary N) is 1. The van der Waals surface area contributed by atoms with Crippen molar-refractivity contribution in [2.45, 2.75) is 25.5 Å². The van der Waals surface area contributed by atoms with E-state index in [0.717, 1.165) is 25.9 Å². The minimum atomic E-state index is -0.391. The Hall–Kier alpha value is -1.46. The van der Waals surface area contributed by atoms with Crippen molar-refractivity contribution in [3.05, 3.63) is 35.1 Å². The Morgan fingerprint density at radius 3 is 2.90 bits per heavy atom.